The van der Waals surface area contributed by atoms with E-state index in [4.69, 9.17) is 9.15 Å². The Morgan fingerprint density at radius 3 is 2.18 bits per heavy atom. The van der Waals surface area contributed by atoms with E-state index in [0.717, 1.165) is 5.56 Å². The second kappa shape index (κ2) is 13.0. The van der Waals surface area contributed by atoms with Crippen LogP contribution < -0.4 is 10.6 Å². The Balaban J connectivity index is 2.07. The standard InChI is InChI=1S/C23H32N4O5S/c1-14(2)11-17(19(28)21-26-27-23(32-21)33-5)24-20(29)18(12-15(3)4)25-22(30)31-13-16-9-7-6-8-10-16/h6-10,14-15,17-18H,11-13H2,1-5H3,(H,24,29)(H,25,30)/t17-,18-/m0/s1. The summed E-state index contributed by atoms with van der Waals surface area (Å²) in [6.45, 7) is 7.86. The number of thioether (sulfide) groups is 1. The van der Waals surface area contributed by atoms with E-state index < -0.39 is 29.9 Å². The topological polar surface area (TPSA) is 123 Å². The van der Waals surface area contributed by atoms with Crippen molar-refractivity contribution in [1.29, 1.82) is 0 Å². The number of hydrogen-bond acceptors (Lipinski definition) is 8. The van der Waals surface area contributed by atoms with Gasteiger partial charge in [0.25, 0.3) is 11.1 Å². The fourth-order valence-electron chi connectivity index (χ4n) is 3.13. The monoisotopic (exact) mass is 476 g/mol. The van der Waals surface area contributed by atoms with Gasteiger partial charge in [0.2, 0.25) is 11.7 Å². The lowest BCUT2D eigenvalue weighted by molar-refractivity contribution is -0.124. The highest BCUT2D eigenvalue weighted by molar-refractivity contribution is 7.98. The number of carbonyl (C=O) groups is 3. The Hall–Kier alpha value is -2.88. The van der Waals surface area contributed by atoms with Gasteiger partial charge in [-0.2, -0.15) is 0 Å². The molecule has 0 saturated carbocycles. The molecule has 0 spiro atoms. The summed E-state index contributed by atoms with van der Waals surface area (Å²) in [5.41, 5.74) is 0.837. The van der Waals surface area contributed by atoms with Gasteiger partial charge in [-0.1, -0.05) is 69.8 Å². The molecule has 180 valence electrons. The quantitative estimate of drug-likeness (QED) is 0.350. The zero-order valence-electron chi connectivity index (χ0n) is 19.7. The molecule has 0 saturated heterocycles. The van der Waals surface area contributed by atoms with Crippen molar-refractivity contribution in [3.8, 4) is 0 Å². The molecule has 33 heavy (non-hydrogen) atoms. The number of rotatable bonds is 12. The predicted molar refractivity (Wildman–Crippen MR) is 125 cm³/mol. The number of Topliss-reactive ketones (excluding diaryl/α,β-unsaturated/α-hetero) is 1. The summed E-state index contributed by atoms with van der Waals surface area (Å²) >= 11 is 1.23. The van der Waals surface area contributed by atoms with Crippen LogP contribution in [-0.4, -0.2) is 46.3 Å². The van der Waals surface area contributed by atoms with Gasteiger partial charge in [0.05, 0.1) is 6.04 Å². The summed E-state index contributed by atoms with van der Waals surface area (Å²) in [6, 6.07) is 7.54. The van der Waals surface area contributed by atoms with Crippen molar-refractivity contribution in [1.82, 2.24) is 20.8 Å². The van der Waals surface area contributed by atoms with Crippen LogP contribution in [0.1, 0.15) is 56.8 Å². The molecule has 0 aliphatic carbocycles. The summed E-state index contributed by atoms with van der Waals surface area (Å²) in [7, 11) is 0. The van der Waals surface area contributed by atoms with Crippen molar-refractivity contribution in [2.45, 2.75) is 64.4 Å². The van der Waals surface area contributed by atoms with Gasteiger partial charge in [-0.15, -0.1) is 10.2 Å². The van der Waals surface area contributed by atoms with E-state index in [9.17, 15) is 14.4 Å². The second-order valence-corrected chi connectivity index (χ2v) is 9.28. The number of hydrogen-bond donors (Lipinski definition) is 2. The minimum Gasteiger partial charge on any atom is -0.445 e. The average molecular weight is 477 g/mol. The van der Waals surface area contributed by atoms with Crippen molar-refractivity contribution in [2.24, 2.45) is 11.8 Å². The van der Waals surface area contributed by atoms with E-state index in [-0.39, 0.29) is 29.6 Å². The van der Waals surface area contributed by atoms with E-state index in [1.54, 1.807) is 6.26 Å². The van der Waals surface area contributed by atoms with Crippen LogP contribution in [0, 0.1) is 11.8 Å². The van der Waals surface area contributed by atoms with Crippen molar-refractivity contribution in [3.63, 3.8) is 0 Å². The third-order valence-corrected chi connectivity index (χ3v) is 5.17. The van der Waals surface area contributed by atoms with Crippen LogP contribution >= 0.6 is 11.8 Å². The highest BCUT2D eigenvalue weighted by atomic mass is 32.2. The molecule has 1 heterocycles. The van der Waals surface area contributed by atoms with Gasteiger partial charge in [-0.3, -0.25) is 9.59 Å². The number of amides is 2. The summed E-state index contributed by atoms with van der Waals surface area (Å²) in [6.07, 6.45) is 1.82. The summed E-state index contributed by atoms with van der Waals surface area (Å²) in [5, 5.41) is 13.3. The van der Waals surface area contributed by atoms with Crippen LogP contribution in [0.25, 0.3) is 0 Å². The molecular formula is C23H32N4O5S. The van der Waals surface area contributed by atoms with Crippen LogP contribution in [0.5, 0.6) is 0 Å². The first-order valence-electron chi connectivity index (χ1n) is 10.9. The molecule has 2 amide bonds. The van der Waals surface area contributed by atoms with Gasteiger partial charge in [0.15, 0.2) is 0 Å². The third-order valence-electron chi connectivity index (χ3n) is 4.66. The molecule has 1 aromatic heterocycles. The first-order valence-corrected chi connectivity index (χ1v) is 12.1. The Morgan fingerprint density at radius 2 is 1.61 bits per heavy atom. The van der Waals surface area contributed by atoms with Crippen LogP contribution in [0.4, 0.5) is 4.79 Å². The first-order chi connectivity index (χ1) is 15.7. The maximum Gasteiger partial charge on any atom is 0.408 e. The van der Waals surface area contributed by atoms with Crippen LogP contribution in [0.15, 0.2) is 40.0 Å². The molecule has 0 bridgehead atoms. The second-order valence-electron chi connectivity index (χ2n) is 8.52. The molecule has 9 nitrogen and oxygen atoms in total. The fourth-order valence-corrected chi connectivity index (χ4v) is 3.41. The number of nitrogens with one attached hydrogen (secondary N) is 2. The molecule has 0 radical (unpaired) electrons. The van der Waals surface area contributed by atoms with Crippen molar-refractivity contribution in [3.05, 3.63) is 41.8 Å². The van der Waals surface area contributed by atoms with E-state index in [1.807, 2.05) is 58.0 Å². The molecule has 2 atom stereocenters. The molecule has 0 fully saturated rings. The van der Waals surface area contributed by atoms with Gasteiger partial charge in [0.1, 0.15) is 12.6 Å². The van der Waals surface area contributed by atoms with Gasteiger partial charge in [-0.05, 0) is 36.5 Å². The Morgan fingerprint density at radius 1 is 0.970 bits per heavy atom. The number of nitrogens with zero attached hydrogens (tertiary/aromatic N) is 2. The Labute approximate surface area is 198 Å². The van der Waals surface area contributed by atoms with Gasteiger partial charge >= 0.3 is 6.09 Å². The first kappa shape index (κ1) is 26.4. The zero-order valence-corrected chi connectivity index (χ0v) is 20.5. The number of aromatic nitrogens is 2. The maximum absolute atomic E-state index is 13.1. The molecule has 1 aromatic carbocycles. The van der Waals surface area contributed by atoms with Crippen molar-refractivity contribution in [2.75, 3.05) is 6.26 Å². The van der Waals surface area contributed by atoms with Crippen LogP contribution in [-0.2, 0) is 16.1 Å². The molecule has 10 heteroatoms. The van der Waals surface area contributed by atoms with Crippen LogP contribution in [0.2, 0.25) is 0 Å². The van der Waals surface area contributed by atoms with Crippen molar-refractivity contribution < 1.29 is 23.5 Å². The number of benzene rings is 1. The molecular weight excluding hydrogens is 444 g/mol. The highest BCUT2D eigenvalue weighted by Crippen LogP contribution is 2.16. The van der Waals surface area contributed by atoms with E-state index in [0.29, 0.717) is 12.8 Å². The predicted octanol–water partition coefficient (Wildman–Crippen LogP) is 3.85. The summed E-state index contributed by atoms with van der Waals surface area (Å²) in [4.78, 5) is 38.4. The number of alkyl carbamates (subject to hydrolysis) is 1. The average Bonchev–Trinajstić information content (AvgIpc) is 3.25. The van der Waals surface area contributed by atoms with Crippen molar-refractivity contribution >= 4 is 29.5 Å². The smallest absolute Gasteiger partial charge is 0.408 e. The largest absolute Gasteiger partial charge is 0.445 e. The number of carbonyl (C=O) groups excluding carboxylic acids is 3. The van der Waals surface area contributed by atoms with Gasteiger partial charge < -0.3 is 19.8 Å². The maximum atomic E-state index is 13.1. The fraction of sp³-hybridized carbons (Fsp3) is 0.522. The van der Waals surface area contributed by atoms with E-state index in [1.165, 1.54) is 11.8 Å². The third kappa shape index (κ3) is 8.88. The number of ether oxygens (including phenoxy) is 1. The molecule has 0 aliphatic rings. The SMILES string of the molecule is CSc1nnc(C(=O)[C@H](CC(C)C)NC(=O)[C@H](CC(C)C)NC(=O)OCc2ccccc2)o1. The van der Waals surface area contributed by atoms with E-state index in [2.05, 4.69) is 20.8 Å². The minimum atomic E-state index is -0.861. The summed E-state index contributed by atoms with van der Waals surface area (Å²) in [5.74, 6) is -0.839. The lowest BCUT2D eigenvalue weighted by atomic mass is 9.98. The zero-order chi connectivity index (χ0) is 24.4. The van der Waals surface area contributed by atoms with E-state index >= 15 is 0 Å². The molecule has 0 unspecified atom stereocenters. The molecule has 2 N–H and O–H groups in total. The minimum absolute atomic E-state index is 0.0894. The van der Waals surface area contributed by atoms with Gasteiger partial charge in [-0.25, -0.2) is 4.79 Å². The van der Waals surface area contributed by atoms with Crippen LogP contribution in [0.3, 0.4) is 0 Å². The lowest BCUT2D eigenvalue weighted by Crippen LogP contribution is -2.52. The molecule has 2 aromatic rings. The normalized spacial score (nSPS) is 12.9. The molecule has 2 rings (SSSR count). The lowest BCUT2D eigenvalue weighted by Gasteiger charge is -2.24. The molecule has 0 aliphatic heterocycles. The number of ketones is 1. The highest BCUT2D eigenvalue weighted by Gasteiger charge is 2.31. The Kier molecular flexibility index (Phi) is 10.4. The van der Waals surface area contributed by atoms with Gasteiger partial charge in [0, 0.05) is 0 Å². The Bertz CT molecular complexity index is 917. The summed E-state index contributed by atoms with van der Waals surface area (Å²) < 4.78 is 10.6.